The Kier molecular flexibility index (Phi) is 4.25. The number of benzene rings is 2. The van der Waals surface area contributed by atoms with Crippen LogP contribution in [0.2, 0.25) is 0 Å². The van der Waals surface area contributed by atoms with E-state index in [-0.39, 0.29) is 11.7 Å². The molecule has 0 radical (unpaired) electrons. The van der Waals surface area contributed by atoms with Gasteiger partial charge in [-0.05, 0) is 38.1 Å². The van der Waals surface area contributed by atoms with Crippen LogP contribution in [-0.4, -0.2) is 17.1 Å². The largest absolute Gasteiger partial charge is 0.506 e. The molecule has 4 nitrogen and oxygen atoms in total. The summed E-state index contributed by atoms with van der Waals surface area (Å²) in [5.41, 5.74) is 1.50. The van der Waals surface area contributed by atoms with Crippen LogP contribution >= 0.6 is 0 Å². The first-order valence-corrected chi connectivity index (χ1v) is 6.38. The van der Waals surface area contributed by atoms with Gasteiger partial charge in [-0.3, -0.25) is 4.79 Å². The number of ether oxygens (including phenoxy) is 1. The lowest BCUT2D eigenvalue weighted by Crippen LogP contribution is -2.30. The molecule has 104 valence electrons. The number of amides is 1. The van der Waals surface area contributed by atoms with Gasteiger partial charge in [-0.1, -0.05) is 29.8 Å². The Hall–Kier alpha value is -2.49. The summed E-state index contributed by atoms with van der Waals surface area (Å²) in [6.07, 6.45) is -0.655. The van der Waals surface area contributed by atoms with Crippen molar-refractivity contribution in [3.63, 3.8) is 0 Å². The summed E-state index contributed by atoms with van der Waals surface area (Å²) in [4.78, 5) is 12.0. The normalized spacial score (nSPS) is 11.7. The van der Waals surface area contributed by atoms with Gasteiger partial charge in [0, 0.05) is 0 Å². The smallest absolute Gasteiger partial charge is 0.265 e. The van der Waals surface area contributed by atoms with Gasteiger partial charge < -0.3 is 15.2 Å². The number of nitrogens with one attached hydrogen (secondary N) is 1. The molecule has 0 aliphatic rings. The van der Waals surface area contributed by atoms with Gasteiger partial charge in [0.1, 0.15) is 11.5 Å². The number of hydrogen-bond acceptors (Lipinski definition) is 3. The molecule has 20 heavy (non-hydrogen) atoms. The van der Waals surface area contributed by atoms with Gasteiger partial charge in [-0.15, -0.1) is 0 Å². The molecule has 1 unspecified atom stereocenters. The molecule has 2 N–H and O–H groups in total. The van der Waals surface area contributed by atoms with Crippen LogP contribution in [0, 0.1) is 6.92 Å². The Morgan fingerprint density at radius 3 is 2.45 bits per heavy atom. The first-order valence-electron chi connectivity index (χ1n) is 6.38. The molecule has 2 rings (SSSR count). The van der Waals surface area contributed by atoms with Crippen LogP contribution in [0.5, 0.6) is 11.5 Å². The number of anilines is 1. The number of phenols is 1. The van der Waals surface area contributed by atoms with Gasteiger partial charge in [-0.2, -0.15) is 0 Å². The van der Waals surface area contributed by atoms with Gasteiger partial charge in [-0.25, -0.2) is 0 Å². The molecule has 0 aliphatic heterocycles. The van der Waals surface area contributed by atoms with Crippen LogP contribution in [0.15, 0.2) is 48.5 Å². The predicted molar refractivity (Wildman–Crippen MR) is 78.0 cm³/mol. The maximum atomic E-state index is 12.0. The monoisotopic (exact) mass is 271 g/mol. The number of aryl methyl sites for hydroxylation is 1. The van der Waals surface area contributed by atoms with Crippen LogP contribution in [0.3, 0.4) is 0 Å². The quantitative estimate of drug-likeness (QED) is 0.840. The van der Waals surface area contributed by atoms with E-state index in [2.05, 4.69) is 5.32 Å². The second-order valence-corrected chi connectivity index (χ2v) is 4.58. The summed E-state index contributed by atoms with van der Waals surface area (Å²) < 4.78 is 5.55. The maximum Gasteiger partial charge on any atom is 0.265 e. The van der Waals surface area contributed by atoms with Gasteiger partial charge in [0.2, 0.25) is 0 Å². The number of para-hydroxylation sites is 2. The highest BCUT2D eigenvalue weighted by Crippen LogP contribution is 2.22. The molecule has 1 atom stereocenters. The fourth-order valence-electron chi connectivity index (χ4n) is 1.69. The van der Waals surface area contributed by atoms with Crippen molar-refractivity contribution in [2.45, 2.75) is 20.0 Å². The van der Waals surface area contributed by atoms with E-state index in [0.717, 1.165) is 5.56 Å². The molecule has 0 spiro atoms. The topological polar surface area (TPSA) is 58.6 Å². The number of carbonyl (C=O) groups excluding carboxylic acids is 1. The van der Waals surface area contributed by atoms with E-state index in [9.17, 15) is 9.90 Å². The number of rotatable bonds is 4. The van der Waals surface area contributed by atoms with E-state index in [1.807, 2.05) is 31.2 Å². The lowest BCUT2D eigenvalue weighted by atomic mass is 10.2. The zero-order valence-electron chi connectivity index (χ0n) is 11.5. The molecule has 0 aliphatic carbocycles. The molecule has 2 aromatic carbocycles. The summed E-state index contributed by atoms with van der Waals surface area (Å²) in [6.45, 7) is 3.65. The van der Waals surface area contributed by atoms with Crippen molar-refractivity contribution < 1.29 is 14.6 Å². The summed E-state index contributed by atoms with van der Waals surface area (Å²) in [5, 5.41) is 12.2. The fourth-order valence-corrected chi connectivity index (χ4v) is 1.69. The zero-order chi connectivity index (χ0) is 14.5. The number of hydrogen-bond donors (Lipinski definition) is 2. The minimum atomic E-state index is -0.655. The Bertz CT molecular complexity index is 593. The molecule has 4 heteroatoms. The van der Waals surface area contributed by atoms with Crippen molar-refractivity contribution in [2.75, 3.05) is 5.32 Å². The van der Waals surface area contributed by atoms with Gasteiger partial charge in [0.15, 0.2) is 6.10 Å². The van der Waals surface area contributed by atoms with Gasteiger partial charge in [0.05, 0.1) is 5.69 Å². The zero-order valence-corrected chi connectivity index (χ0v) is 11.5. The van der Waals surface area contributed by atoms with Gasteiger partial charge in [0.25, 0.3) is 5.91 Å². The summed E-state index contributed by atoms with van der Waals surface area (Å²) >= 11 is 0. The third-order valence-corrected chi connectivity index (χ3v) is 2.86. The van der Waals surface area contributed by atoms with Crippen LogP contribution in [-0.2, 0) is 4.79 Å². The summed E-state index contributed by atoms with van der Waals surface area (Å²) in [6, 6.07) is 14.1. The maximum absolute atomic E-state index is 12.0. The molecular weight excluding hydrogens is 254 g/mol. The van der Waals surface area contributed by atoms with E-state index in [0.29, 0.717) is 11.4 Å². The molecule has 0 bridgehead atoms. The Labute approximate surface area is 118 Å². The van der Waals surface area contributed by atoms with E-state index >= 15 is 0 Å². The van der Waals surface area contributed by atoms with Crippen molar-refractivity contribution in [2.24, 2.45) is 0 Å². The summed E-state index contributed by atoms with van der Waals surface area (Å²) in [7, 11) is 0. The summed E-state index contributed by atoms with van der Waals surface area (Å²) in [5.74, 6) is 0.353. The van der Waals surface area contributed by atoms with Crippen molar-refractivity contribution in [1.82, 2.24) is 0 Å². The fraction of sp³-hybridized carbons (Fsp3) is 0.188. The minimum Gasteiger partial charge on any atom is -0.506 e. The molecule has 0 saturated heterocycles. The van der Waals surface area contributed by atoms with Crippen molar-refractivity contribution in [3.8, 4) is 11.5 Å². The number of carbonyl (C=O) groups is 1. The number of phenolic OH excluding ortho intramolecular Hbond substituents is 1. The molecule has 0 heterocycles. The lowest BCUT2D eigenvalue weighted by Gasteiger charge is -2.15. The van der Waals surface area contributed by atoms with E-state index in [4.69, 9.17) is 4.74 Å². The molecule has 2 aromatic rings. The Morgan fingerprint density at radius 1 is 1.15 bits per heavy atom. The van der Waals surface area contributed by atoms with Crippen LogP contribution in [0.1, 0.15) is 12.5 Å². The predicted octanol–water partition coefficient (Wildman–Crippen LogP) is 3.11. The highest BCUT2D eigenvalue weighted by molar-refractivity contribution is 5.95. The average molecular weight is 271 g/mol. The number of aromatic hydroxyl groups is 1. The second kappa shape index (κ2) is 6.10. The van der Waals surface area contributed by atoms with E-state index < -0.39 is 6.10 Å². The molecule has 1 amide bonds. The molecule has 0 saturated carbocycles. The van der Waals surface area contributed by atoms with Crippen molar-refractivity contribution in [1.29, 1.82) is 0 Å². The third kappa shape index (κ3) is 3.51. The molecular formula is C16H17NO3. The second-order valence-electron chi connectivity index (χ2n) is 4.58. The van der Waals surface area contributed by atoms with Crippen molar-refractivity contribution >= 4 is 11.6 Å². The Balaban J connectivity index is 1.99. The average Bonchev–Trinajstić information content (AvgIpc) is 2.44. The van der Waals surface area contributed by atoms with E-state index in [1.165, 1.54) is 6.07 Å². The lowest BCUT2D eigenvalue weighted by molar-refractivity contribution is -0.122. The highest BCUT2D eigenvalue weighted by atomic mass is 16.5. The molecule has 0 fully saturated rings. The SMILES string of the molecule is Cc1ccc(OC(C)C(=O)Nc2ccccc2O)cc1. The van der Waals surface area contributed by atoms with Crippen LogP contribution in [0.4, 0.5) is 5.69 Å². The first kappa shape index (κ1) is 13.9. The van der Waals surface area contributed by atoms with E-state index in [1.54, 1.807) is 25.1 Å². The van der Waals surface area contributed by atoms with Crippen LogP contribution in [0.25, 0.3) is 0 Å². The third-order valence-electron chi connectivity index (χ3n) is 2.86. The van der Waals surface area contributed by atoms with Crippen LogP contribution < -0.4 is 10.1 Å². The minimum absolute atomic E-state index is 0.0309. The van der Waals surface area contributed by atoms with Crippen molar-refractivity contribution in [3.05, 3.63) is 54.1 Å². The highest BCUT2D eigenvalue weighted by Gasteiger charge is 2.15. The van der Waals surface area contributed by atoms with Gasteiger partial charge >= 0.3 is 0 Å². The molecule has 0 aromatic heterocycles. The standard InChI is InChI=1S/C16H17NO3/c1-11-7-9-13(10-8-11)20-12(2)16(19)17-14-5-3-4-6-15(14)18/h3-10,12,18H,1-2H3,(H,17,19). The Morgan fingerprint density at radius 2 is 1.80 bits per heavy atom. The first-order chi connectivity index (χ1) is 9.56.